The number of rotatable bonds is 2. The summed E-state index contributed by atoms with van der Waals surface area (Å²) in [6, 6.07) is 1.66. The first-order chi connectivity index (χ1) is 7.32. The van der Waals surface area contributed by atoms with Crippen LogP contribution < -0.4 is 0 Å². The Morgan fingerprint density at radius 3 is 2.62 bits per heavy atom. The van der Waals surface area contributed by atoms with Gasteiger partial charge >= 0.3 is 0 Å². The van der Waals surface area contributed by atoms with Crippen molar-refractivity contribution in [1.29, 1.82) is 0 Å². The van der Waals surface area contributed by atoms with E-state index >= 15 is 0 Å². The zero-order valence-corrected chi connectivity index (χ0v) is 11.5. The molecule has 0 aromatic carbocycles. The van der Waals surface area contributed by atoms with Crippen molar-refractivity contribution in [3.05, 3.63) is 28.0 Å². The van der Waals surface area contributed by atoms with Gasteiger partial charge in [-0.25, -0.2) is 4.98 Å². The molecule has 0 saturated carbocycles. The minimum absolute atomic E-state index is 0.215. The summed E-state index contributed by atoms with van der Waals surface area (Å²) in [5, 5.41) is 0.533. The molecule has 88 valence electrons. The van der Waals surface area contributed by atoms with E-state index in [4.69, 9.17) is 23.2 Å². The molecule has 1 atom stereocenters. The van der Waals surface area contributed by atoms with E-state index in [1.807, 2.05) is 20.8 Å². The van der Waals surface area contributed by atoms with Gasteiger partial charge in [-0.1, -0.05) is 27.6 Å². The van der Waals surface area contributed by atoms with Crippen molar-refractivity contribution in [2.45, 2.75) is 25.5 Å². The Kier molecular flexibility index (Phi) is 4.62. The van der Waals surface area contributed by atoms with Gasteiger partial charge in [0.2, 0.25) is 0 Å². The average Bonchev–Trinajstić information content (AvgIpc) is 2.18. The van der Waals surface area contributed by atoms with E-state index in [1.165, 1.54) is 12.4 Å². The van der Waals surface area contributed by atoms with Crippen LogP contribution in [0.5, 0.6) is 0 Å². The fourth-order valence-electron chi connectivity index (χ4n) is 0.794. The molecule has 0 aliphatic heterocycles. The highest BCUT2D eigenvalue weighted by Crippen LogP contribution is 2.23. The molecule has 0 bridgehead atoms. The molecule has 0 saturated heterocycles. The van der Waals surface area contributed by atoms with Crippen LogP contribution in [0.4, 0.5) is 0 Å². The number of hydrogen-bond donors (Lipinski definition) is 0. The Labute approximate surface area is 108 Å². The van der Waals surface area contributed by atoms with E-state index in [0.717, 1.165) is 0 Å². The van der Waals surface area contributed by atoms with Crippen molar-refractivity contribution in [3.8, 4) is 0 Å². The molecule has 16 heavy (non-hydrogen) atoms. The van der Waals surface area contributed by atoms with E-state index in [9.17, 15) is 4.55 Å². The van der Waals surface area contributed by atoms with Gasteiger partial charge in [0, 0.05) is 11.8 Å². The Bertz CT molecular complexity index is 404. The Morgan fingerprint density at radius 2 is 2.06 bits per heavy atom. The topological polar surface area (TPSA) is 48.3 Å². The summed E-state index contributed by atoms with van der Waals surface area (Å²) in [6.45, 7) is 5.55. The summed E-state index contributed by atoms with van der Waals surface area (Å²) < 4.78 is 15.2. The second kappa shape index (κ2) is 5.36. The minimum Gasteiger partial charge on any atom is -0.591 e. The zero-order valence-electron chi connectivity index (χ0n) is 9.20. The van der Waals surface area contributed by atoms with Crippen LogP contribution in [0, 0.1) is 0 Å². The van der Waals surface area contributed by atoms with Gasteiger partial charge < -0.3 is 4.55 Å². The minimum atomic E-state index is -1.31. The molecule has 0 fully saturated rings. The first-order valence-corrected chi connectivity index (χ1v) is 6.44. The first kappa shape index (κ1) is 13.8. The number of halogens is 2. The Hall–Kier alpha value is -0.290. The van der Waals surface area contributed by atoms with E-state index in [-0.39, 0.29) is 9.90 Å². The van der Waals surface area contributed by atoms with Crippen molar-refractivity contribution < 1.29 is 4.55 Å². The molecule has 0 amide bonds. The largest absolute Gasteiger partial charge is 0.591 e. The van der Waals surface area contributed by atoms with Crippen molar-refractivity contribution >= 4 is 40.8 Å². The third kappa shape index (κ3) is 3.63. The van der Waals surface area contributed by atoms with Gasteiger partial charge in [0.15, 0.2) is 0 Å². The van der Waals surface area contributed by atoms with Gasteiger partial charge in [-0.05, 0) is 26.8 Å². The molecule has 3 nitrogen and oxygen atoms in total. The predicted molar refractivity (Wildman–Crippen MR) is 69.7 cm³/mol. The quantitative estimate of drug-likeness (QED) is 0.474. The lowest BCUT2D eigenvalue weighted by Crippen LogP contribution is -2.25. The smallest absolute Gasteiger partial charge is 0.148 e. The second-order valence-corrected chi connectivity index (χ2v) is 6.77. The van der Waals surface area contributed by atoms with Gasteiger partial charge in [-0.2, -0.15) is 0 Å². The number of pyridine rings is 1. The van der Waals surface area contributed by atoms with E-state index < -0.39 is 11.4 Å². The third-order valence-corrected chi connectivity index (χ3v) is 3.81. The lowest BCUT2D eigenvalue weighted by Gasteiger charge is -2.17. The van der Waals surface area contributed by atoms with Crippen LogP contribution in [0.25, 0.3) is 0 Å². The lowest BCUT2D eigenvalue weighted by atomic mass is 10.3. The van der Waals surface area contributed by atoms with E-state index in [1.54, 1.807) is 6.07 Å². The molecule has 0 radical (unpaired) electrons. The SMILES string of the molecule is CC(C)(C)[S+]([O-])N=Cc1ccnc(Cl)c1Cl. The van der Waals surface area contributed by atoms with E-state index in [2.05, 4.69) is 9.38 Å². The average molecular weight is 279 g/mol. The van der Waals surface area contributed by atoms with Crippen LogP contribution in [-0.4, -0.2) is 20.5 Å². The highest BCUT2D eigenvalue weighted by atomic mass is 35.5. The summed E-state index contributed by atoms with van der Waals surface area (Å²) >= 11 is 10.3. The summed E-state index contributed by atoms with van der Waals surface area (Å²) in [7, 11) is 0. The molecule has 1 heterocycles. The molecule has 0 aliphatic rings. The normalized spacial score (nSPS) is 14.4. The fourth-order valence-corrected chi connectivity index (χ4v) is 1.65. The van der Waals surface area contributed by atoms with Gasteiger partial charge in [-0.3, -0.25) is 0 Å². The van der Waals surface area contributed by atoms with Crippen molar-refractivity contribution in [2.75, 3.05) is 0 Å². The fraction of sp³-hybridized carbons (Fsp3) is 0.400. The highest BCUT2D eigenvalue weighted by molar-refractivity contribution is 7.91. The summed E-state index contributed by atoms with van der Waals surface area (Å²) in [6.07, 6.45) is 2.98. The summed E-state index contributed by atoms with van der Waals surface area (Å²) in [5.41, 5.74) is 0.610. The maximum Gasteiger partial charge on any atom is 0.148 e. The Balaban J connectivity index is 2.89. The van der Waals surface area contributed by atoms with Crippen molar-refractivity contribution in [2.24, 2.45) is 4.40 Å². The van der Waals surface area contributed by atoms with Gasteiger partial charge in [-0.15, -0.1) is 0 Å². The Morgan fingerprint density at radius 1 is 1.44 bits per heavy atom. The van der Waals surface area contributed by atoms with Crippen LogP contribution >= 0.6 is 23.2 Å². The standard InChI is InChI=1S/C10H12Cl2N2OS/c1-10(2,3)16(15)14-6-7-4-5-13-9(12)8(7)11/h4-6H,1-3H3. The number of hydrogen-bond acceptors (Lipinski definition) is 3. The molecule has 1 aromatic rings. The van der Waals surface area contributed by atoms with Gasteiger partial charge in [0.1, 0.15) is 21.3 Å². The molecular weight excluding hydrogens is 267 g/mol. The molecule has 0 N–H and O–H groups in total. The molecule has 0 spiro atoms. The van der Waals surface area contributed by atoms with Crippen LogP contribution in [0.3, 0.4) is 0 Å². The van der Waals surface area contributed by atoms with Gasteiger partial charge in [0.25, 0.3) is 0 Å². The molecule has 1 rings (SSSR count). The van der Waals surface area contributed by atoms with Crippen LogP contribution in [0.1, 0.15) is 26.3 Å². The van der Waals surface area contributed by atoms with Crippen molar-refractivity contribution in [3.63, 3.8) is 0 Å². The molecular formula is C10H12Cl2N2OS. The molecule has 1 unspecified atom stereocenters. The molecule has 6 heteroatoms. The van der Waals surface area contributed by atoms with Crippen molar-refractivity contribution in [1.82, 2.24) is 4.98 Å². The monoisotopic (exact) mass is 278 g/mol. The zero-order chi connectivity index (χ0) is 12.3. The predicted octanol–water partition coefficient (Wildman–Crippen LogP) is 3.27. The molecule has 1 aromatic heterocycles. The van der Waals surface area contributed by atoms with Crippen LogP contribution in [0.15, 0.2) is 16.7 Å². The third-order valence-electron chi connectivity index (χ3n) is 1.69. The van der Waals surface area contributed by atoms with Gasteiger partial charge in [0.05, 0.1) is 11.2 Å². The number of nitrogens with zero attached hydrogens (tertiary/aromatic N) is 2. The summed E-state index contributed by atoms with van der Waals surface area (Å²) in [5.74, 6) is 0. The molecule has 0 aliphatic carbocycles. The maximum absolute atomic E-state index is 11.7. The van der Waals surface area contributed by atoms with Crippen LogP contribution in [0.2, 0.25) is 10.2 Å². The lowest BCUT2D eigenvalue weighted by molar-refractivity contribution is 0.562. The van der Waals surface area contributed by atoms with E-state index in [0.29, 0.717) is 10.6 Å². The first-order valence-electron chi connectivity index (χ1n) is 4.58. The number of aromatic nitrogens is 1. The van der Waals surface area contributed by atoms with Crippen LogP contribution in [-0.2, 0) is 11.4 Å². The highest BCUT2D eigenvalue weighted by Gasteiger charge is 2.25. The maximum atomic E-state index is 11.7. The second-order valence-electron chi connectivity index (χ2n) is 4.10. The summed E-state index contributed by atoms with van der Waals surface area (Å²) in [4.78, 5) is 3.81.